The number of aldehydes is 1. The van der Waals surface area contributed by atoms with E-state index in [4.69, 9.17) is 9.88 Å². The standard InChI is InChI=1S/C16H14F2O.C15H17NOS.C6H12N2/c1-12-2-4-13(5-3-12)14-6-8-15(9-7-14)16(17,18)10-11-19;16-18-15-8-6-11-9-14(7-5-12(11)10-15)17-13-3-1-2-4-13;1-8-3-2-6(8)4-7-5-6/h2-9,11H,10H2,1H3;5-10,13H,1-4,16H2;7H,2-5H2,1H3. The number of fused-ring (bicyclic) bond motifs is 1. The smallest absolute Gasteiger partial charge is 0.279 e. The van der Waals surface area contributed by atoms with Crippen molar-refractivity contribution in [2.24, 2.45) is 5.14 Å². The van der Waals surface area contributed by atoms with Gasteiger partial charge in [0.05, 0.1) is 12.5 Å². The van der Waals surface area contributed by atoms with Crippen LogP contribution in [0, 0.1) is 6.92 Å². The van der Waals surface area contributed by atoms with E-state index in [2.05, 4.69) is 47.6 Å². The molecule has 1 spiro atoms. The highest BCUT2D eigenvalue weighted by Gasteiger charge is 2.46. The van der Waals surface area contributed by atoms with Crippen molar-refractivity contribution in [2.75, 3.05) is 26.7 Å². The molecule has 0 radical (unpaired) electrons. The van der Waals surface area contributed by atoms with Crippen LogP contribution in [0.25, 0.3) is 21.9 Å². The molecular formula is C37H43F2N3O2S. The molecule has 3 fully saturated rings. The van der Waals surface area contributed by atoms with Crippen LogP contribution in [0.4, 0.5) is 8.78 Å². The zero-order valence-electron chi connectivity index (χ0n) is 26.1. The number of rotatable bonds is 7. The minimum atomic E-state index is -3.09. The fraction of sp³-hybridized carbons (Fsp3) is 0.378. The van der Waals surface area contributed by atoms with Crippen LogP contribution in [0.1, 0.15) is 49.7 Å². The summed E-state index contributed by atoms with van der Waals surface area (Å²) in [5.74, 6) is -2.10. The number of ether oxygens (including phenoxy) is 1. The van der Waals surface area contributed by atoms with E-state index in [-0.39, 0.29) is 11.8 Å². The van der Waals surface area contributed by atoms with Crippen molar-refractivity contribution in [1.82, 2.24) is 10.2 Å². The molecule has 5 nitrogen and oxygen atoms in total. The molecule has 0 unspecified atom stereocenters. The Morgan fingerprint density at radius 1 is 0.956 bits per heavy atom. The zero-order chi connectivity index (χ0) is 31.9. The van der Waals surface area contributed by atoms with Gasteiger partial charge in [0.2, 0.25) is 0 Å². The summed E-state index contributed by atoms with van der Waals surface area (Å²) >= 11 is 1.28. The maximum Gasteiger partial charge on any atom is 0.279 e. The summed E-state index contributed by atoms with van der Waals surface area (Å²) in [7, 11) is 2.21. The lowest BCUT2D eigenvalue weighted by molar-refractivity contribution is -0.115. The van der Waals surface area contributed by atoms with Crippen LogP contribution in [0.3, 0.4) is 0 Å². The van der Waals surface area contributed by atoms with E-state index in [0.717, 1.165) is 27.3 Å². The normalized spacial score (nSPS) is 17.4. The number of hydrogen-bond donors (Lipinski definition) is 2. The van der Waals surface area contributed by atoms with Gasteiger partial charge in [0.15, 0.2) is 0 Å². The average Bonchev–Trinajstić information content (AvgIpc) is 3.53. The molecule has 4 aromatic carbocycles. The number of carbonyl (C=O) groups is 1. The van der Waals surface area contributed by atoms with Gasteiger partial charge in [-0.3, -0.25) is 10.0 Å². The topological polar surface area (TPSA) is 67.6 Å². The Hall–Kier alpha value is -3.30. The van der Waals surface area contributed by atoms with Gasteiger partial charge in [-0.25, -0.2) is 8.78 Å². The van der Waals surface area contributed by atoms with Gasteiger partial charge in [-0.1, -0.05) is 66.2 Å². The fourth-order valence-electron chi connectivity index (χ4n) is 5.93. The molecule has 45 heavy (non-hydrogen) atoms. The molecule has 0 aromatic heterocycles. The highest BCUT2D eigenvalue weighted by Crippen LogP contribution is 2.33. The first-order chi connectivity index (χ1) is 21.7. The van der Waals surface area contributed by atoms with Crippen LogP contribution < -0.4 is 15.2 Å². The van der Waals surface area contributed by atoms with E-state index in [1.54, 1.807) is 12.1 Å². The molecule has 3 aliphatic rings. The third-order valence-electron chi connectivity index (χ3n) is 9.19. The number of alkyl halides is 2. The second kappa shape index (κ2) is 14.9. The number of hydrogen-bond acceptors (Lipinski definition) is 6. The Morgan fingerprint density at radius 2 is 1.58 bits per heavy atom. The summed E-state index contributed by atoms with van der Waals surface area (Å²) in [6, 6.07) is 26.5. The minimum absolute atomic E-state index is 0.129. The molecule has 0 bridgehead atoms. The predicted octanol–water partition coefficient (Wildman–Crippen LogP) is 8.13. The van der Waals surface area contributed by atoms with Crippen molar-refractivity contribution in [3.63, 3.8) is 0 Å². The number of nitrogens with two attached hydrogens (primary N) is 1. The predicted molar refractivity (Wildman–Crippen MR) is 181 cm³/mol. The summed E-state index contributed by atoms with van der Waals surface area (Å²) in [6.45, 7) is 5.75. The van der Waals surface area contributed by atoms with Crippen molar-refractivity contribution < 1.29 is 18.3 Å². The molecule has 1 saturated carbocycles. The third kappa shape index (κ3) is 8.30. The maximum absolute atomic E-state index is 13.5. The van der Waals surface area contributed by atoms with Crippen LogP contribution in [-0.2, 0) is 10.7 Å². The Bertz CT molecular complexity index is 1550. The molecule has 7 rings (SSSR count). The number of benzene rings is 4. The largest absolute Gasteiger partial charge is 0.490 e. The van der Waals surface area contributed by atoms with Crippen LogP contribution >= 0.6 is 11.9 Å². The number of halogens is 2. The lowest BCUT2D eigenvalue weighted by Gasteiger charge is -2.57. The molecule has 1 aliphatic carbocycles. The summed E-state index contributed by atoms with van der Waals surface area (Å²) in [5.41, 5.74) is 3.51. The second-order valence-corrected chi connectivity index (χ2v) is 13.0. The third-order valence-corrected chi connectivity index (χ3v) is 9.71. The fourth-order valence-corrected chi connectivity index (χ4v) is 6.28. The molecule has 2 saturated heterocycles. The quantitative estimate of drug-likeness (QED) is 0.159. The molecule has 2 heterocycles. The Kier molecular flexibility index (Phi) is 10.9. The summed E-state index contributed by atoms with van der Waals surface area (Å²) in [6.07, 6.45) is 6.29. The van der Waals surface area contributed by atoms with Crippen molar-refractivity contribution >= 4 is 29.0 Å². The molecule has 238 valence electrons. The van der Waals surface area contributed by atoms with E-state index in [0.29, 0.717) is 11.6 Å². The van der Waals surface area contributed by atoms with Gasteiger partial charge in [0.25, 0.3) is 5.92 Å². The summed E-state index contributed by atoms with van der Waals surface area (Å²) < 4.78 is 33.0. The lowest BCUT2D eigenvalue weighted by Crippen LogP contribution is -2.74. The van der Waals surface area contributed by atoms with Crippen molar-refractivity contribution in [3.8, 4) is 16.9 Å². The first-order valence-electron chi connectivity index (χ1n) is 15.7. The Morgan fingerprint density at radius 3 is 2.09 bits per heavy atom. The van der Waals surface area contributed by atoms with E-state index in [1.165, 1.54) is 86.6 Å². The van der Waals surface area contributed by atoms with Crippen molar-refractivity contribution in [3.05, 3.63) is 96.1 Å². The van der Waals surface area contributed by atoms with Crippen LogP contribution in [0.2, 0.25) is 0 Å². The van der Waals surface area contributed by atoms with Gasteiger partial charge >= 0.3 is 0 Å². The Labute approximate surface area is 269 Å². The number of likely N-dealkylation sites (N-methyl/N-ethyl adjacent to an activating group) is 1. The van der Waals surface area contributed by atoms with E-state index >= 15 is 0 Å². The molecule has 0 atom stereocenters. The number of likely N-dealkylation sites (tertiary alicyclic amines) is 1. The van der Waals surface area contributed by atoms with Crippen LogP contribution in [0.5, 0.6) is 5.75 Å². The van der Waals surface area contributed by atoms with E-state index in [1.807, 2.05) is 37.3 Å². The number of nitrogens with one attached hydrogen (secondary N) is 1. The second-order valence-electron chi connectivity index (χ2n) is 12.3. The molecule has 3 N–H and O–H groups in total. The molecule has 0 amide bonds. The first kappa shape index (κ1) is 33.1. The summed E-state index contributed by atoms with van der Waals surface area (Å²) in [5, 5.41) is 11.3. The average molecular weight is 632 g/mol. The monoisotopic (exact) mass is 631 g/mol. The van der Waals surface area contributed by atoms with E-state index in [9.17, 15) is 13.6 Å². The number of aryl methyl sites for hydroxylation is 1. The van der Waals surface area contributed by atoms with Crippen molar-refractivity contribution in [2.45, 2.75) is 67.9 Å². The molecular weight excluding hydrogens is 588 g/mol. The molecule has 2 aliphatic heterocycles. The summed E-state index contributed by atoms with van der Waals surface area (Å²) in [4.78, 5) is 13.8. The number of carbonyl (C=O) groups excluding carboxylic acids is 1. The minimum Gasteiger partial charge on any atom is -0.490 e. The van der Waals surface area contributed by atoms with Crippen LogP contribution in [-0.4, -0.2) is 49.5 Å². The van der Waals surface area contributed by atoms with E-state index < -0.39 is 12.3 Å². The Balaban J connectivity index is 0.000000143. The number of nitrogens with zero attached hydrogens (tertiary/aromatic N) is 1. The zero-order valence-corrected chi connectivity index (χ0v) is 26.9. The van der Waals surface area contributed by atoms with Crippen molar-refractivity contribution in [1.29, 1.82) is 0 Å². The van der Waals surface area contributed by atoms with Gasteiger partial charge in [0.1, 0.15) is 12.0 Å². The molecule has 8 heteroatoms. The van der Waals surface area contributed by atoms with Gasteiger partial charge < -0.3 is 14.8 Å². The van der Waals surface area contributed by atoms with Gasteiger partial charge in [-0.05, 0) is 104 Å². The first-order valence-corrected chi connectivity index (χ1v) is 16.6. The molecule has 4 aromatic rings. The van der Waals surface area contributed by atoms with Gasteiger partial charge in [0, 0.05) is 35.6 Å². The highest BCUT2D eigenvalue weighted by atomic mass is 32.2. The maximum atomic E-state index is 13.5. The van der Waals surface area contributed by atoms with Gasteiger partial charge in [-0.15, -0.1) is 0 Å². The lowest BCUT2D eigenvalue weighted by atomic mass is 9.80. The van der Waals surface area contributed by atoms with Gasteiger partial charge in [-0.2, -0.15) is 0 Å². The van der Waals surface area contributed by atoms with Crippen LogP contribution in [0.15, 0.2) is 89.8 Å². The SMILES string of the molecule is CN1CCC12CNC2.Cc1ccc(-c2ccc(C(F)(F)CC=O)cc2)cc1.NSc1ccc2cc(OC3CCCC3)ccc2c1. The highest BCUT2D eigenvalue weighted by molar-refractivity contribution is 7.97.